The zero-order valence-corrected chi connectivity index (χ0v) is 32.5. The maximum atomic E-state index is 12.6. The van der Waals surface area contributed by atoms with Crippen molar-refractivity contribution in [1.82, 2.24) is 0 Å². The molecule has 0 radical (unpaired) electrons. The molecule has 0 aromatic heterocycles. The molecule has 49 heavy (non-hydrogen) atoms. The topological polar surface area (TPSA) is 78.9 Å². The average Bonchev–Trinajstić information content (AvgIpc) is 3.09. The molecule has 0 saturated carbocycles. The van der Waals surface area contributed by atoms with Crippen molar-refractivity contribution in [3.63, 3.8) is 0 Å². The van der Waals surface area contributed by atoms with E-state index in [1.165, 1.54) is 89.9 Å². The fourth-order valence-corrected chi connectivity index (χ4v) is 5.72. The van der Waals surface area contributed by atoms with Crippen LogP contribution in [-0.4, -0.2) is 37.2 Å². The molecule has 0 aromatic carbocycles. The summed E-state index contributed by atoms with van der Waals surface area (Å²) in [5.74, 6) is -0.910. The largest absolute Gasteiger partial charge is 0.462 e. The number of unbranched alkanes of at least 4 members (excludes halogenated alkanes) is 22. The molecule has 0 bridgehead atoms. The van der Waals surface area contributed by atoms with Gasteiger partial charge in [-0.25, -0.2) is 0 Å². The van der Waals surface area contributed by atoms with Crippen LogP contribution in [0.2, 0.25) is 0 Å². The van der Waals surface area contributed by atoms with Gasteiger partial charge in [0.1, 0.15) is 13.2 Å². The molecule has 6 heteroatoms. The molecule has 286 valence electrons. The van der Waals surface area contributed by atoms with Crippen molar-refractivity contribution < 1.29 is 28.6 Å². The van der Waals surface area contributed by atoms with Crippen LogP contribution in [-0.2, 0) is 28.6 Å². The lowest BCUT2D eigenvalue weighted by molar-refractivity contribution is -0.167. The summed E-state index contributed by atoms with van der Waals surface area (Å²) < 4.78 is 16.5. The zero-order valence-electron chi connectivity index (χ0n) is 32.5. The Kier molecular flexibility index (Phi) is 37.0. The van der Waals surface area contributed by atoms with Crippen LogP contribution < -0.4 is 0 Å². The second kappa shape index (κ2) is 38.7. The van der Waals surface area contributed by atoms with Crippen molar-refractivity contribution in [1.29, 1.82) is 0 Å². The van der Waals surface area contributed by atoms with Crippen LogP contribution in [0.3, 0.4) is 0 Å². The Bertz CT molecular complexity index is 804. The summed E-state index contributed by atoms with van der Waals surface area (Å²) in [6, 6.07) is 0. The molecule has 0 heterocycles. The number of carbonyl (C=O) groups excluding carboxylic acids is 3. The number of ether oxygens (including phenoxy) is 3. The lowest BCUT2D eigenvalue weighted by atomic mass is 10.1. The monoisotopic (exact) mass is 691 g/mol. The van der Waals surface area contributed by atoms with Gasteiger partial charge in [-0.15, -0.1) is 0 Å². The highest BCUT2D eigenvalue weighted by atomic mass is 16.6. The third kappa shape index (κ3) is 37.0. The van der Waals surface area contributed by atoms with Crippen molar-refractivity contribution in [3.05, 3.63) is 24.3 Å². The van der Waals surface area contributed by atoms with Gasteiger partial charge in [-0.2, -0.15) is 0 Å². The Labute approximate surface area is 303 Å². The van der Waals surface area contributed by atoms with Gasteiger partial charge in [-0.1, -0.05) is 148 Å². The minimum absolute atomic E-state index is 0.0773. The first-order valence-electron chi connectivity index (χ1n) is 20.8. The van der Waals surface area contributed by atoms with Gasteiger partial charge in [-0.05, 0) is 70.6 Å². The van der Waals surface area contributed by atoms with E-state index in [2.05, 4.69) is 45.1 Å². The summed E-state index contributed by atoms with van der Waals surface area (Å²) in [4.78, 5) is 37.3. The predicted octanol–water partition coefficient (Wildman–Crippen LogP) is 12.9. The molecule has 0 rings (SSSR count). The summed E-state index contributed by atoms with van der Waals surface area (Å²) >= 11 is 0. The highest BCUT2D eigenvalue weighted by molar-refractivity contribution is 5.71. The van der Waals surface area contributed by atoms with Crippen molar-refractivity contribution >= 4 is 17.9 Å². The summed E-state index contributed by atoms with van der Waals surface area (Å²) in [5.41, 5.74) is 0. The van der Waals surface area contributed by atoms with Crippen molar-refractivity contribution in [2.24, 2.45) is 0 Å². The molecule has 0 aliphatic heterocycles. The SMILES string of the molecule is CCCCC/C=C\CCCCCCCC(=O)OC(COC(=O)CCCCCCC)COC(=O)CCCCCCC/C=C\CCCCCCC. The fraction of sp³-hybridized carbons (Fsp3) is 0.837. The second-order valence-corrected chi connectivity index (χ2v) is 13.9. The summed E-state index contributed by atoms with van der Waals surface area (Å²) in [6.45, 7) is 6.49. The molecule has 0 fully saturated rings. The van der Waals surface area contributed by atoms with E-state index in [4.69, 9.17) is 14.2 Å². The summed E-state index contributed by atoms with van der Waals surface area (Å²) in [7, 11) is 0. The highest BCUT2D eigenvalue weighted by Gasteiger charge is 2.19. The van der Waals surface area contributed by atoms with Gasteiger partial charge in [-0.3, -0.25) is 14.4 Å². The number of carbonyl (C=O) groups is 3. The molecule has 1 atom stereocenters. The Morgan fingerprint density at radius 3 is 1.06 bits per heavy atom. The average molecular weight is 691 g/mol. The molecule has 0 spiro atoms. The maximum absolute atomic E-state index is 12.6. The van der Waals surface area contributed by atoms with Gasteiger partial charge < -0.3 is 14.2 Å². The lowest BCUT2D eigenvalue weighted by Crippen LogP contribution is -2.30. The number of rotatable bonds is 37. The van der Waals surface area contributed by atoms with Gasteiger partial charge in [0.05, 0.1) is 0 Å². The zero-order chi connectivity index (χ0) is 35.9. The number of allylic oxidation sites excluding steroid dienone is 4. The fourth-order valence-electron chi connectivity index (χ4n) is 5.72. The van der Waals surface area contributed by atoms with Crippen molar-refractivity contribution in [2.45, 2.75) is 219 Å². The van der Waals surface area contributed by atoms with Gasteiger partial charge >= 0.3 is 17.9 Å². The number of hydrogen-bond donors (Lipinski definition) is 0. The quantitative estimate of drug-likeness (QED) is 0.0279. The van der Waals surface area contributed by atoms with Crippen LogP contribution in [0.15, 0.2) is 24.3 Å². The molecule has 0 aromatic rings. The van der Waals surface area contributed by atoms with E-state index >= 15 is 0 Å². The first-order chi connectivity index (χ1) is 24.0. The molecule has 0 aliphatic rings. The number of hydrogen-bond acceptors (Lipinski definition) is 6. The van der Waals surface area contributed by atoms with Gasteiger partial charge in [0.15, 0.2) is 6.10 Å². The number of esters is 3. The Hall–Kier alpha value is -2.11. The van der Waals surface area contributed by atoms with E-state index in [1.54, 1.807) is 0 Å². The van der Waals surface area contributed by atoms with Crippen molar-refractivity contribution in [2.75, 3.05) is 13.2 Å². The first-order valence-corrected chi connectivity index (χ1v) is 20.8. The minimum Gasteiger partial charge on any atom is -0.462 e. The summed E-state index contributed by atoms with van der Waals surface area (Å²) in [5, 5.41) is 0. The molecule has 0 aliphatic carbocycles. The molecule has 0 amide bonds. The van der Waals surface area contributed by atoms with E-state index < -0.39 is 6.10 Å². The van der Waals surface area contributed by atoms with Crippen LogP contribution in [0, 0.1) is 0 Å². The van der Waals surface area contributed by atoms with E-state index in [1.807, 2.05) is 0 Å². The second-order valence-electron chi connectivity index (χ2n) is 13.9. The molecule has 6 nitrogen and oxygen atoms in total. The van der Waals surface area contributed by atoms with Crippen LogP contribution >= 0.6 is 0 Å². The standard InChI is InChI=1S/C43H78O6/c1-4-7-10-13-15-17-19-21-22-24-25-27-30-33-36-42(45)48-39-40(38-47-41(44)35-32-29-12-9-6-3)49-43(46)37-34-31-28-26-23-20-18-16-14-11-8-5-2/h16,18-19,21,40H,4-15,17,20,22-39H2,1-3H3/b18-16-,21-19-. The molecule has 0 saturated heterocycles. The van der Waals surface area contributed by atoms with E-state index in [0.29, 0.717) is 19.3 Å². The lowest BCUT2D eigenvalue weighted by Gasteiger charge is -2.18. The Balaban J connectivity index is 4.28. The van der Waals surface area contributed by atoms with Crippen molar-refractivity contribution in [3.8, 4) is 0 Å². The Morgan fingerprint density at radius 1 is 0.388 bits per heavy atom. The first kappa shape index (κ1) is 46.9. The van der Waals surface area contributed by atoms with Gasteiger partial charge in [0, 0.05) is 19.3 Å². The predicted molar refractivity (Wildman–Crippen MR) is 206 cm³/mol. The third-order valence-electron chi connectivity index (χ3n) is 8.93. The van der Waals surface area contributed by atoms with Gasteiger partial charge in [0.2, 0.25) is 0 Å². The van der Waals surface area contributed by atoms with Gasteiger partial charge in [0.25, 0.3) is 0 Å². The normalized spacial score (nSPS) is 12.1. The smallest absolute Gasteiger partial charge is 0.306 e. The van der Waals surface area contributed by atoms with E-state index in [-0.39, 0.29) is 31.1 Å². The molecular weight excluding hydrogens is 612 g/mol. The van der Waals surface area contributed by atoms with Crippen LogP contribution in [0.4, 0.5) is 0 Å². The van der Waals surface area contributed by atoms with E-state index in [9.17, 15) is 14.4 Å². The van der Waals surface area contributed by atoms with E-state index in [0.717, 1.165) is 83.5 Å². The third-order valence-corrected chi connectivity index (χ3v) is 8.93. The van der Waals surface area contributed by atoms with Crippen LogP contribution in [0.5, 0.6) is 0 Å². The van der Waals surface area contributed by atoms with Crippen LogP contribution in [0.25, 0.3) is 0 Å². The minimum atomic E-state index is -0.769. The highest BCUT2D eigenvalue weighted by Crippen LogP contribution is 2.13. The van der Waals surface area contributed by atoms with Crippen LogP contribution in [0.1, 0.15) is 213 Å². The molecular formula is C43H78O6. The maximum Gasteiger partial charge on any atom is 0.306 e. The summed E-state index contributed by atoms with van der Waals surface area (Å²) in [6.07, 6.45) is 40.4. The molecule has 0 N–H and O–H groups in total. The molecule has 1 unspecified atom stereocenters. The Morgan fingerprint density at radius 2 is 0.673 bits per heavy atom.